The van der Waals surface area contributed by atoms with Gasteiger partial charge in [0.1, 0.15) is 0 Å². The lowest BCUT2D eigenvalue weighted by Gasteiger charge is -2.26. The Morgan fingerprint density at radius 3 is 2.67 bits per heavy atom. The maximum atomic E-state index is 3.52. The monoisotopic (exact) mass is 127 g/mol. The fraction of sp³-hybridized carbons (Fsp3) is 1.00. The van der Waals surface area contributed by atoms with E-state index in [9.17, 15) is 0 Å². The Hall–Kier alpha value is -0.0400. The summed E-state index contributed by atoms with van der Waals surface area (Å²) < 4.78 is 0. The number of hydrogen-bond acceptors (Lipinski definition) is 1. The van der Waals surface area contributed by atoms with Crippen LogP contribution in [0.2, 0.25) is 0 Å². The Bertz CT molecular complexity index is 67.0. The molecule has 1 N–H and O–H groups in total. The molecule has 1 nitrogen and oxygen atoms in total. The summed E-state index contributed by atoms with van der Waals surface area (Å²) in [6.45, 7) is 3.48. The second kappa shape index (κ2) is 3.89. The highest BCUT2D eigenvalue weighted by atomic mass is 14.9. The molecule has 1 fully saturated rings. The zero-order valence-corrected chi connectivity index (χ0v) is 6.32. The molecule has 1 rings (SSSR count). The van der Waals surface area contributed by atoms with Crippen molar-refractivity contribution in [2.75, 3.05) is 6.54 Å². The van der Waals surface area contributed by atoms with Gasteiger partial charge < -0.3 is 5.32 Å². The largest absolute Gasteiger partial charge is 0.314 e. The normalized spacial score (nSPS) is 19.7. The van der Waals surface area contributed by atoms with Crippen LogP contribution >= 0.6 is 0 Å². The molecule has 0 saturated heterocycles. The van der Waals surface area contributed by atoms with Gasteiger partial charge in [-0.05, 0) is 25.8 Å². The van der Waals surface area contributed by atoms with E-state index < -0.39 is 0 Å². The second-order valence-corrected chi connectivity index (χ2v) is 2.94. The first-order valence-electron chi connectivity index (χ1n) is 4.17. The van der Waals surface area contributed by atoms with E-state index in [2.05, 4.69) is 12.2 Å². The van der Waals surface area contributed by atoms with Crippen molar-refractivity contribution in [3.63, 3.8) is 0 Å². The van der Waals surface area contributed by atoms with Crippen molar-refractivity contribution in [3.8, 4) is 0 Å². The fourth-order valence-electron chi connectivity index (χ4n) is 1.10. The van der Waals surface area contributed by atoms with Gasteiger partial charge in [-0.1, -0.05) is 19.8 Å². The van der Waals surface area contributed by atoms with E-state index in [-0.39, 0.29) is 0 Å². The molecule has 0 aromatic rings. The lowest BCUT2D eigenvalue weighted by atomic mass is 9.93. The van der Waals surface area contributed by atoms with Crippen LogP contribution in [0.5, 0.6) is 0 Å². The van der Waals surface area contributed by atoms with Gasteiger partial charge >= 0.3 is 0 Å². The minimum atomic E-state index is 0.886. The maximum Gasteiger partial charge on any atom is 0.00670 e. The van der Waals surface area contributed by atoms with E-state index in [0.717, 1.165) is 6.04 Å². The summed E-state index contributed by atoms with van der Waals surface area (Å²) in [7, 11) is 0. The molecule has 1 heteroatoms. The van der Waals surface area contributed by atoms with Gasteiger partial charge in [-0.25, -0.2) is 0 Å². The van der Waals surface area contributed by atoms with E-state index in [1.54, 1.807) is 0 Å². The molecular weight excluding hydrogens is 110 g/mol. The molecule has 9 heavy (non-hydrogen) atoms. The fourth-order valence-corrected chi connectivity index (χ4v) is 1.10. The summed E-state index contributed by atoms with van der Waals surface area (Å²) >= 11 is 0. The lowest BCUT2D eigenvalue weighted by Crippen LogP contribution is -2.35. The molecule has 0 spiro atoms. The van der Waals surface area contributed by atoms with Gasteiger partial charge in [0.2, 0.25) is 0 Å². The highest BCUT2D eigenvalue weighted by molar-refractivity contribution is 4.75. The minimum Gasteiger partial charge on any atom is -0.314 e. The van der Waals surface area contributed by atoms with Crippen LogP contribution in [0.15, 0.2) is 0 Å². The lowest BCUT2D eigenvalue weighted by molar-refractivity contribution is 0.338. The van der Waals surface area contributed by atoms with Crippen molar-refractivity contribution in [2.24, 2.45) is 0 Å². The number of hydrogen-bond donors (Lipinski definition) is 1. The van der Waals surface area contributed by atoms with E-state index in [0.29, 0.717) is 0 Å². The van der Waals surface area contributed by atoms with Crippen molar-refractivity contribution < 1.29 is 0 Å². The average Bonchev–Trinajstić information content (AvgIpc) is 1.76. The van der Waals surface area contributed by atoms with Gasteiger partial charge in [-0.2, -0.15) is 0 Å². The van der Waals surface area contributed by atoms with E-state index in [1.807, 2.05) is 0 Å². The Morgan fingerprint density at radius 2 is 2.22 bits per heavy atom. The Balaban J connectivity index is 1.80. The van der Waals surface area contributed by atoms with Gasteiger partial charge in [-0.3, -0.25) is 0 Å². The Kier molecular flexibility index (Phi) is 3.05. The molecule has 0 atom stereocenters. The van der Waals surface area contributed by atoms with Crippen molar-refractivity contribution in [1.82, 2.24) is 5.32 Å². The second-order valence-electron chi connectivity index (χ2n) is 2.94. The SMILES string of the molecule is CCCCNC1CCC1. The van der Waals surface area contributed by atoms with E-state index in [1.165, 1.54) is 38.6 Å². The van der Waals surface area contributed by atoms with Gasteiger partial charge in [-0.15, -0.1) is 0 Å². The standard InChI is InChI=1S/C8H17N/c1-2-3-7-9-8-5-4-6-8/h8-9H,2-7H2,1H3. The number of unbranched alkanes of at least 4 members (excludes halogenated alkanes) is 1. The summed E-state index contributed by atoms with van der Waals surface area (Å²) in [6.07, 6.45) is 6.95. The van der Waals surface area contributed by atoms with Gasteiger partial charge in [0.25, 0.3) is 0 Å². The maximum absolute atomic E-state index is 3.52. The molecule has 0 radical (unpaired) electrons. The number of rotatable bonds is 4. The molecule has 54 valence electrons. The summed E-state index contributed by atoms with van der Waals surface area (Å²) in [5.41, 5.74) is 0. The molecule has 0 unspecified atom stereocenters. The van der Waals surface area contributed by atoms with E-state index >= 15 is 0 Å². The van der Waals surface area contributed by atoms with Crippen LogP contribution < -0.4 is 5.32 Å². The quantitative estimate of drug-likeness (QED) is 0.569. The highest BCUT2D eigenvalue weighted by Crippen LogP contribution is 2.17. The van der Waals surface area contributed by atoms with Gasteiger partial charge in [0.05, 0.1) is 0 Å². The number of nitrogens with one attached hydrogen (secondary N) is 1. The predicted molar refractivity (Wildman–Crippen MR) is 40.5 cm³/mol. The van der Waals surface area contributed by atoms with Crippen LogP contribution in [0, 0.1) is 0 Å². The first-order valence-corrected chi connectivity index (χ1v) is 4.17. The first-order chi connectivity index (χ1) is 4.43. The molecular formula is C8H17N. The predicted octanol–water partition coefficient (Wildman–Crippen LogP) is 1.93. The zero-order chi connectivity index (χ0) is 6.53. The van der Waals surface area contributed by atoms with Crippen LogP contribution in [0.1, 0.15) is 39.0 Å². The molecule has 0 aromatic heterocycles. The highest BCUT2D eigenvalue weighted by Gasteiger charge is 2.14. The van der Waals surface area contributed by atoms with E-state index in [4.69, 9.17) is 0 Å². The summed E-state index contributed by atoms with van der Waals surface area (Å²) in [5, 5.41) is 3.52. The third-order valence-corrected chi connectivity index (χ3v) is 2.07. The Morgan fingerprint density at radius 1 is 1.44 bits per heavy atom. The molecule has 0 amide bonds. The third-order valence-electron chi connectivity index (χ3n) is 2.07. The van der Waals surface area contributed by atoms with Crippen LogP contribution in [0.4, 0.5) is 0 Å². The molecule has 0 bridgehead atoms. The van der Waals surface area contributed by atoms with Crippen molar-refractivity contribution in [2.45, 2.75) is 45.1 Å². The van der Waals surface area contributed by atoms with Crippen molar-refractivity contribution in [3.05, 3.63) is 0 Å². The summed E-state index contributed by atoms with van der Waals surface area (Å²) in [6, 6.07) is 0.886. The van der Waals surface area contributed by atoms with Crippen molar-refractivity contribution >= 4 is 0 Å². The van der Waals surface area contributed by atoms with Gasteiger partial charge in [0.15, 0.2) is 0 Å². The molecule has 0 aliphatic heterocycles. The minimum absolute atomic E-state index is 0.886. The third kappa shape index (κ3) is 2.35. The first kappa shape index (κ1) is 7.07. The molecule has 0 aromatic carbocycles. The Labute approximate surface area is 57.8 Å². The smallest absolute Gasteiger partial charge is 0.00670 e. The van der Waals surface area contributed by atoms with Gasteiger partial charge in [0, 0.05) is 6.04 Å². The zero-order valence-electron chi connectivity index (χ0n) is 6.32. The van der Waals surface area contributed by atoms with Crippen LogP contribution in [0.25, 0.3) is 0 Å². The summed E-state index contributed by atoms with van der Waals surface area (Å²) in [5.74, 6) is 0. The van der Waals surface area contributed by atoms with Crippen molar-refractivity contribution in [1.29, 1.82) is 0 Å². The van der Waals surface area contributed by atoms with Crippen LogP contribution in [-0.2, 0) is 0 Å². The van der Waals surface area contributed by atoms with Crippen LogP contribution in [0.3, 0.4) is 0 Å². The van der Waals surface area contributed by atoms with Crippen LogP contribution in [-0.4, -0.2) is 12.6 Å². The average molecular weight is 127 g/mol. The summed E-state index contributed by atoms with van der Waals surface area (Å²) in [4.78, 5) is 0. The topological polar surface area (TPSA) is 12.0 Å². The molecule has 0 heterocycles. The molecule has 1 saturated carbocycles. The molecule has 1 aliphatic rings. The molecule has 1 aliphatic carbocycles.